The molecule has 1 aromatic carbocycles. The topological polar surface area (TPSA) is 117 Å². The molecular weight excluding hydrogens is 376 g/mol. The molecule has 0 radical (unpaired) electrons. The van der Waals surface area contributed by atoms with Crippen LogP contribution in [0.3, 0.4) is 0 Å². The lowest BCUT2D eigenvalue weighted by Crippen LogP contribution is -2.44. The Morgan fingerprint density at radius 1 is 1.04 bits per heavy atom. The van der Waals surface area contributed by atoms with Crippen LogP contribution in [0.15, 0.2) is 30.3 Å². The summed E-state index contributed by atoms with van der Waals surface area (Å²) in [6, 6.07) is 7.78. The van der Waals surface area contributed by atoms with Gasteiger partial charge in [-0.15, -0.1) is 12.4 Å². The zero-order valence-electron chi connectivity index (χ0n) is 15.7. The highest BCUT2D eigenvalue weighted by atomic mass is 35.5. The molecule has 1 amide bonds. The maximum atomic E-state index is 12.0. The van der Waals surface area contributed by atoms with Gasteiger partial charge in [0.1, 0.15) is 12.6 Å². The minimum atomic E-state index is -1.05. The summed E-state index contributed by atoms with van der Waals surface area (Å²) >= 11 is 0. The first-order chi connectivity index (χ1) is 12.4. The molecule has 0 aromatic heterocycles. The molecule has 0 aliphatic heterocycles. The molecule has 1 aromatic rings. The molecule has 3 atom stereocenters. The standard InChI is InChI=1S/C18H26N2O6.ClH/c1-12(19)9-14(16(21)24-2)10-15(17(22)25-3)20-18(23)26-11-13-7-5-4-6-8-13;/h4-8,12,14-15H,9-11,19H2,1-3H3,(H,20,23);1H/t12-,14+,15+;/m1./s1. The molecule has 9 heteroatoms. The summed E-state index contributed by atoms with van der Waals surface area (Å²) < 4.78 is 14.6. The van der Waals surface area contributed by atoms with Crippen molar-refractivity contribution in [2.24, 2.45) is 11.7 Å². The second-order valence-corrected chi connectivity index (χ2v) is 5.95. The highest BCUT2D eigenvalue weighted by Gasteiger charge is 2.30. The number of ether oxygens (including phenoxy) is 3. The van der Waals surface area contributed by atoms with Crippen LogP contribution in [0.2, 0.25) is 0 Å². The van der Waals surface area contributed by atoms with Crippen LogP contribution in [-0.4, -0.2) is 44.3 Å². The molecule has 27 heavy (non-hydrogen) atoms. The molecule has 0 unspecified atom stereocenters. The number of hydrogen-bond donors (Lipinski definition) is 2. The summed E-state index contributed by atoms with van der Waals surface area (Å²) in [5, 5.41) is 2.44. The number of carbonyl (C=O) groups is 3. The van der Waals surface area contributed by atoms with E-state index in [-0.39, 0.29) is 31.5 Å². The van der Waals surface area contributed by atoms with Crippen molar-refractivity contribution in [2.75, 3.05) is 14.2 Å². The van der Waals surface area contributed by atoms with Crippen LogP contribution in [0.1, 0.15) is 25.3 Å². The van der Waals surface area contributed by atoms with Gasteiger partial charge in [0.2, 0.25) is 0 Å². The number of rotatable bonds is 9. The molecule has 8 nitrogen and oxygen atoms in total. The van der Waals surface area contributed by atoms with E-state index in [1.54, 1.807) is 19.1 Å². The minimum Gasteiger partial charge on any atom is -0.469 e. The van der Waals surface area contributed by atoms with Crippen LogP contribution in [0.25, 0.3) is 0 Å². The predicted molar refractivity (Wildman–Crippen MR) is 101 cm³/mol. The van der Waals surface area contributed by atoms with Crippen LogP contribution in [0, 0.1) is 5.92 Å². The maximum Gasteiger partial charge on any atom is 0.408 e. The Bertz CT molecular complexity index is 597. The van der Waals surface area contributed by atoms with Gasteiger partial charge in [-0.05, 0) is 25.3 Å². The average molecular weight is 403 g/mol. The molecule has 1 rings (SSSR count). The Kier molecular flexibility index (Phi) is 11.8. The first-order valence-corrected chi connectivity index (χ1v) is 8.25. The third kappa shape index (κ3) is 9.25. The fraction of sp³-hybridized carbons (Fsp3) is 0.500. The number of methoxy groups -OCH3 is 2. The van der Waals surface area contributed by atoms with Crippen molar-refractivity contribution < 1.29 is 28.6 Å². The van der Waals surface area contributed by atoms with E-state index in [1.165, 1.54) is 14.2 Å². The number of carbonyl (C=O) groups excluding carboxylic acids is 3. The number of nitrogens with two attached hydrogens (primary N) is 1. The molecule has 0 aliphatic carbocycles. The van der Waals surface area contributed by atoms with Gasteiger partial charge in [-0.1, -0.05) is 30.3 Å². The van der Waals surface area contributed by atoms with Crippen LogP contribution in [-0.2, 0) is 30.4 Å². The summed E-state index contributed by atoms with van der Waals surface area (Å²) in [5.41, 5.74) is 6.55. The molecule has 0 saturated heterocycles. The number of nitrogens with one attached hydrogen (secondary N) is 1. The second kappa shape index (κ2) is 12.9. The highest BCUT2D eigenvalue weighted by Crippen LogP contribution is 2.16. The van der Waals surface area contributed by atoms with Crippen molar-refractivity contribution in [3.8, 4) is 0 Å². The zero-order chi connectivity index (χ0) is 19.5. The molecule has 0 spiro atoms. The summed E-state index contributed by atoms with van der Waals surface area (Å²) in [6.45, 7) is 1.80. The fourth-order valence-corrected chi connectivity index (χ4v) is 2.45. The number of hydrogen-bond acceptors (Lipinski definition) is 7. The molecule has 0 bridgehead atoms. The molecule has 152 valence electrons. The van der Waals surface area contributed by atoms with E-state index in [0.717, 1.165) is 5.56 Å². The molecule has 0 saturated carbocycles. The van der Waals surface area contributed by atoms with Crippen LogP contribution in [0.5, 0.6) is 0 Å². The third-order valence-electron chi connectivity index (χ3n) is 3.70. The quantitative estimate of drug-likeness (QED) is 0.477. The number of benzene rings is 1. The van der Waals surface area contributed by atoms with Gasteiger partial charge in [0.05, 0.1) is 20.1 Å². The van der Waals surface area contributed by atoms with Crippen molar-refractivity contribution in [1.29, 1.82) is 0 Å². The van der Waals surface area contributed by atoms with Gasteiger partial charge in [-0.3, -0.25) is 4.79 Å². The van der Waals surface area contributed by atoms with E-state index in [4.69, 9.17) is 19.9 Å². The van der Waals surface area contributed by atoms with E-state index >= 15 is 0 Å². The van der Waals surface area contributed by atoms with Gasteiger partial charge >= 0.3 is 18.0 Å². The van der Waals surface area contributed by atoms with Crippen molar-refractivity contribution in [3.05, 3.63) is 35.9 Å². The molecular formula is C18H27ClN2O6. The van der Waals surface area contributed by atoms with E-state index in [2.05, 4.69) is 5.32 Å². The normalized spacial score (nSPS) is 13.3. The monoisotopic (exact) mass is 402 g/mol. The average Bonchev–Trinajstić information content (AvgIpc) is 2.64. The first kappa shape index (κ1) is 24.7. The van der Waals surface area contributed by atoms with E-state index in [9.17, 15) is 14.4 Å². The molecule has 3 N–H and O–H groups in total. The van der Waals surface area contributed by atoms with Gasteiger partial charge in [-0.25, -0.2) is 9.59 Å². The summed E-state index contributed by atoms with van der Waals surface area (Å²) in [5.74, 6) is -1.84. The maximum absolute atomic E-state index is 12.0. The predicted octanol–water partition coefficient (Wildman–Crippen LogP) is 1.79. The lowest BCUT2D eigenvalue weighted by Gasteiger charge is -2.22. The Labute approximate surface area is 165 Å². The van der Waals surface area contributed by atoms with Crippen molar-refractivity contribution in [2.45, 2.75) is 38.5 Å². The smallest absolute Gasteiger partial charge is 0.408 e. The van der Waals surface area contributed by atoms with Gasteiger partial charge < -0.3 is 25.3 Å². The fourth-order valence-electron chi connectivity index (χ4n) is 2.45. The molecule has 0 heterocycles. The van der Waals surface area contributed by atoms with Gasteiger partial charge in [0.25, 0.3) is 0 Å². The second-order valence-electron chi connectivity index (χ2n) is 5.95. The summed E-state index contributed by atoms with van der Waals surface area (Å²) in [6.07, 6.45) is -0.476. The number of alkyl carbamates (subject to hydrolysis) is 1. The summed E-state index contributed by atoms with van der Waals surface area (Å²) in [4.78, 5) is 35.9. The zero-order valence-corrected chi connectivity index (χ0v) is 16.5. The summed E-state index contributed by atoms with van der Waals surface area (Å²) in [7, 11) is 2.45. The number of esters is 2. The molecule has 0 aliphatic rings. The Morgan fingerprint density at radius 2 is 1.63 bits per heavy atom. The van der Waals surface area contributed by atoms with E-state index in [0.29, 0.717) is 6.42 Å². The Hall–Kier alpha value is -2.32. The SMILES string of the molecule is COC(=O)[C@H](C[C@H](NC(=O)OCc1ccccc1)C(=O)OC)C[C@@H](C)N.Cl. The third-order valence-corrected chi connectivity index (χ3v) is 3.70. The Balaban J connectivity index is 0.00000676. The molecule has 0 fully saturated rings. The lowest BCUT2D eigenvalue weighted by atomic mass is 9.93. The lowest BCUT2D eigenvalue weighted by molar-refractivity contribution is -0.148. The van der Waals surface area contributed by atoms with Crippen LogP contribution >= 0.6 is 12.4 Å². The van der Waals surface area contributed by atoms with Gasteiger partial charge in [0.15, 0.2) is 0 Å². The first-order valence-electron chi connectivity index (χ1n) is 8.25. The van der Waals surface area contributed by atoms with E-state index in [1.807, 2.05) is 18.2 Å². The number of halogens is 1. The minimum absolute atomic E-state index is 0. The van der Waals surface area contributed by atoms with Crippen molar-refractivity contribution in [3.63, 3.8) is 0 Å². The Morgan fingerprint density at radius 3 is 2.15 bits per heavy atom. The largest absolute Gasteiger partial charge is 0.469 e. The number of amides is 1. The van der Waals surface area contributed by atoms with Crippen molar-refractivity contribution in [1.82, 2.24) is 5.32 Å². The van der Waals surface area contributed by atoms with Gasteiger partial charge in [-0.2, -0.15) is 0 Å². The highest BCUT2D eigenvalue weighted by molar-refractivity contribution is 5.85. The van der Waals surface area contributed by atoms with Crippen LogP contribution < -0.4 is 11.1 Å². The van der Waals surface area contributed by atoms with Gasteiger partial charge in [0, 0.05) is 6.04 Å². The van der Waals surface area contributed by atoms with Crippen molar-refractivity contribution >= 4 is 30.4 Å². The van der Waals surface area contributed by atoms with E-state index < -0.39 is 30.0 Å². The van der Waals surface area contributed by atoms with Crippen LogP contribution in [0.4, 0.5) is 4.79 Å².